The molecule has 5 nitrogen and oxygen atoms in total. The highest BCUT2D eigenvalue weighted by atomic mass is 79.9. The molecule has 1 aliphatic rings. The third kappa shape index (κ3) is 3.78. The van der Waals surface area contributed by atoms with Gasteiger partial charge in [-0.15, -0.1) is 0 Å². The van der Waals surface area contributed by atoms with Crippen LogP contribution in [0.2, 0.25) is 0 Å². The number of halogens is 1. The number of aryl methyl sites for hydroxylation is 1. The maximum Gasteiger partial charge on any atom is 0.335 e. The molecule has 0 fully saturated rings. The van der Waals surface area contributed by atoms with Crippen LogP contribution in [0.3, 0.4) is 0 Å². The van der Waals surface area contributed by atoms with E-state index in [4.69, 9.17) is 4.74 Å². The van der Waals surface area contributed by atoms with Crippen molar-refractivity contribution in [1.82, 2.24) is 4.90 Å². The molecule has 3 aromatic rings. The van der Waals surface area contributed by atoms with Gasteiger partial charge >= 0.3 is 5.97 Å². The van der Waals surface area contributed by atoms with E-state index >= 15 is 0 Å². The molecule has 0 aliphatic carbocycles. The summed E-state index contributed by atoms with van der Waals surface area (Å²) < 4.78 is 6.23. The van der Waals surface area contributed by atoms with Crippen molar-refractivity contribution in [2.45, 2.75) is 19.4 Å². The number of benzene rings is 3. The van der Waals surface area contributed by atoms with Crippen molar-refractivity contribution in [1.29, 1.82) is 0 Å². The van der Waals surface area contributed by atoms with E-state index in [2.05, 4.69) is 15.9 Å². The number of ether oxygens (including phenoxy) is 1. The number of rotatable bonds is 5. The summed E-state index contributed by atoms with van der Waals surface area (Å²) in [6.45, 7) is 1.92. The maximum absolute atomic E-state index is 13.2. The molecule has 0 unspecified atom stereocenters. The van der Waals surface area contributed by atoms with Crippen LogP contribution in [0, 0.1) is 6.92 Å². The zero-order chi connectivity index (χ0) is 21.3. The minimum absolute atomic E-state index is 0.161. The molecule has 3 aromatic carbocycles. The Balaban J connectivity index is 1.69. The highest BCUT2D eigenvalue weighted by Gasteiger charge is 2.43. The third-order valence-electron chi connectivity index (χ3n) is 4.98. The number of carbonyl (C=O) groups is 3. The highest BCUT2D eigenvalue weighted by molar-refractivity contribution is 9.10. The first-order valence-electron chi connectivity index (χ1n) is 9.44. The van der Waals surface area contributed by atoms with E-state index in [0.29, 0.717) is 21.3 Å². The first kappa shape index (κ1) is 20.0. The van der Waals surface area contributed by atoms with E-state index in [1.54, 1.807) is 30.3 Å². The van der Waals surface area contributed by atoms with E-state index in [1.807, 2.05) is 49.4 Å². The molecule has 4 rings (SSSR count). The van der Waals surface area contributed by atoms with Gasteiger partial charge in [0.2, 0.25) is 0 Å². The first-order chi connectivity index (χ1) is 14.5. The SMILES string of the molecule is Cc1ccc(OC(=O)[C@@H](Cc2ccccc2)N2C(=O)c3ccccc3C2=O)c(Br)c1. The van der Waals surface area contributed by atoms with Crippen molar-refractivity contribution in [3.8, 4) is 5.75 Å². The van der Waals surface area contributed by atoms with Crippen LogP contribution in [0.25, 0.3) is 0 Å². The predicted molar refractivity (Wildman–Crippen MR) is 115 cm³/mol. The molecule has 0 saturated carbocycles. The van der Waals surface area contributed by atoms with E-state index < -0.39 is 23.8 Å². The number of hydrogen-bond donors (Lipinski definition) is 0. The standard InChI is InChI=1S/C24H18BrNO4/c1-15-11-12-21(19(25)13-15)30-24(29)20(14-16-7-3-2-4-8-16)26-22(27)17-9-5-6-10-18(17)23(26)28/h2-13,20H,14H2,1H3/t20-/m1/s1. The molecule has 30 heavy (non-hydrogen) atoms. The summed E-state index contributed by atoms with van der Waals surface area (Å²) in [4.78, 5) is 40.2. The van der Waals surface area contributed by atoms with Crippen LogP contribution < -0.4 is 4.74 Å². The monoisotopic (exact) mass is 463 g/mol. The maximum atomic E-state index is 13.2. The Morgan fingerprint density at radius 2 is 1.53 bits per heavy atom. The minimum atomic E-state index is -1.09. The van der Waals surface area contributed by atoms with Gasteiger partial charge in [0.15, 0.2) is 0 Å². The Morgan fingerprint density at radius 1 is 0.933 bits per heavy atom. The van der Waals surface area contributed by atoms with Gasteiger partial charge in [-0.2, -0.15) is 0 Å². The molecular formula is C24H18BrNO4. The quantitative estimate of drug-likeness (QED) is 0.315. The van der Waals surface area contributed by atoms with Crippen LogP contribution in [0.4, 0.5) is 0 Å². The van der Waals surface area contributed by atoms with Crippen molar-refractivity contribution >= 4 is 33.7 Å². The molecule has 150 valence electrons. The van der Waals surface area contributed by atoms with E-state index in [9.17, 15) is 14.4 Å². The summed E-state index contributed by atoms with van der Waals surface area (Å²) in [5.74, 6) is -1.31. The van der Waals surface area contributed by atoms with Crippen molar-refractivity contribution in [3.63, 3.8) is 0 Å². The average molecular weight is 464 g/mol. The Bertz CT molecular complexity index is 1110. The highest BCUT2D eigenvalue weighted by Crippen LogP contribution is 2.29. The molecule has 0 saturated heterocycles. The van der Waals surface area contributed by atoms with E-state index in [0.717, 1.165) is 16.0 Å². The smallest absolute Gasteiger partial charge is 0.335 e. The van der Waals surface area contributed by atoms with Gasteiger partial charge in [0.25, 0.3) is 11.8 Å². The van der Waals surface area contributed by atoms with Gasteiger partial charge in [0, 0.05) is 6.42 Å². The molecule has 1 heterocycles. The first-order valence-corrected chi connectivity index (χ1v) is 10.2. The molecule has 0 radical (unpaired) electrons. The lowest BCUT2D eigenvalue weighted by atomic mass is 10.0. The van der Waals surface area contributed by atoms with Crippen molar-refractivity contribution < 1.29 is 19.1 Å². The average Bonchev–Trinajstić information content (AvgIpc) is 3.00. The van der Waals surface area contributed by atoms with Crippen LogP contribution in [-0.4, -0.2) is 28.7 Å². The van der Waals surface area contributed by atoms with Crippen molar-refractivity contribution in [2.75, 3.05) is 0 Å². The summed E-state index contributed by atoms with van der Waals surface area (Å²) in [6.07, 6.45) is 0.161. The van der Waals surface area contributed by atoms with Crippen LogP contribution in [-0.2, 0) is 11.2 Å². The predicted octanol–water partition coefficient (Wildman–Crippen LogP) is 4.57. The molecule has 0 N–H and O–H groups in total. The fourth-order valence-corrected chi connectivity index (χ4v) is 4.05. The number of hydrogen-bond acceptors (Lipinski definition) is 4. The lowest BCUT2D eigenvalue weighted by Crippen LogP contribution is -2.48. The summed E-state index contributed by atoms with van der Waals surface area (Å²) in [7, 11) is 0. The van der Waals surface area contributed by atoms with Crippen LogP contribution >= 0.6 is 15.9 Å². The van der Waals surface area contributed by atoms with Gasteiger partial charge in [0.1, 0.15) is 11.8 Å². The second-order valence-electron chi connectivity index (χ2n) is 7.09. The van der Waals surface area contributed by atoms with Gasteiger partial charge in [-0.25, -0.2) is 4.79 Å². The number of fused-ring (bicyclic) bond motifs is 1. The Hall–Kier alpha value is -3.25. The molecule has 1 atom stereocenters. The summed E-state index contributed by atoms with van der Waals surface area (Å²) in [5.41, 5.74) is 2.41. The molecule has 0 bridgehead atoms. The van der Waals surface area contributed by atoms with Crippen molar-refractivity contribution in [2.24, 2.45) is 0 Å². The molecule has 0 aromatic heterocycles. The largest absolute Gasteiger partial charge is 0.424 e. The Labute approximate surface area is 182 Å². The summed E-state index contributed by atoms with van der Waals surface area (Å²) >= 11 is 3.40. The Kier molecular flexibility index (Phi) is 5.50. The third-order valence-corrected chi connectivity index (χ3v) is 5.60. The fraction of sp³-hybridized carbons (Fsp3) is 0.125. The van der Waals surface area contributed by atoms with E-state index in [1.165, 1.54) is 0 Å². The number of nitrogens with zero attached hydrogens (tertiary/aromatic N) is 1. The summed E-state index contributed by atoms with van der Waals surface area (Å²) in [5, 5.41) is 0. The normalized spacial score (nSPS) is 13.9. The zero-order valence-electron chi connectivity index (χ0n) is 16.2. The molecule has 2 amide bonds. The number of imide groups is 1. The molecule has 0 spiro atoms. The number of amides is 2. The fourth-order valence-electron chi connectivity index (χ4n) is 3.47. The second kappa shape index (κ2) is 8.24. The van der Waals surface area contributed by atoms with Gasteiger partial charge in [0.05, 0.1) is 15.6 Å². The van der Waals surface area contributed by atoms with Crippen LogP contribution in [0.5, 0.6) is 5.75 Å². The molecule has 6 heteroatoms. The number of esters is 1. The van der Waals surface area contributed by atoms with Gasteiger partial charge < -0.3 is 4.74 Å². The van der Waals surface area contributed by atoms with Gasteiger partial charge in [-0.1, -0.05) is 48.5 Å². The van der Waals surface area contributed by atoms with Crippen molar-refractivity contribution in [3.05, 3.63) is 99.5 Å². The second-order valence-corrected chi connectivity index (χ2v) is 7.94. The lowest BCUT2D eigenvalue weighted by Gasteiger charge is -2.25. The number of carbonyl (C=O) groups excluding carboxylic acids is 3. The lowest BCUT2D eigenvalue weighted by molar-refractivity contribution is -0.138. The van der Waals surface area contributed by atoms with Crippen LogP contribution in [0.15, 0.2) is 77.3 Å². The minimum Gasteiger partial charge on any atom is -0.424 e. The molecular weight excluding hydrogens is 446 g/mol. The zero-order valence-corrected chi connectivity index (χ0v) is 17.8. The topological polar surface area (TPSA) is 63.7 Å². The van der Waals surface area contributed by atoms with Gasteiger partial charge in [-0.3, -0.25) is 14.5 Å². The summed E-state index contributed by atoms with van der Waals surface area (Å²) in [6, 6.07) is 20.1. The van der Waals surface area contributed by atoms with Gasteiger partial charge in [-0.05, 0) is 58.2 Å². The van der Waals surface area contributed by atoms with Crippen LogP contribution in [0.1, 0.15) is 31.8 Å². The Morgan fingerprint density at radius 3 is 2.13 bits per heavy atom. The molecule has 1 aliphatic heterocycles. The van der Waals surface area contributed by atoms with E-state index in [-0.39, 0.29) is 6.42 Å².